The van der Waals surface area contributed by atoms with Crippen molar-refractivity contribution < 1.29 is 23.5 Å². The van der Waals surface area contributed by atoms with E-state index >= 15 is 0 Å². The second-order valence-electron chi connectivity index (χ2n) is 6.49. The van der Waals surface area contributed by atoms with Crippen LogP contribution in [0, 0.1) is 5.82 Å². The molecule has 0 saturated carbocycles. The lowest BCUT2D eigenvalue weighted by atomic mass is 10.2. The third-order valence-electron chi connectivity index (χ3n) is 4.76. The first-order valence-electron chi connectivity index (χ1n) is 8.75. The minimum atomic E-state index is -0.367. The number of morpholine rings is 1. The van der Waals surface area contributed by atoms with Gasteiger partial charge in [-0.1, -0.05) is 6.07 Å². The molecule has 0 unspecified atom stereocenters. The van der Waals surface area contributed by atoms with E-state index in [1.807, 2.05) is 6.07 Å². The molecule has 2 heterocycles. The number of benzene rings is 1. The van der Waals surface area contributed by atoms with Gasteiger partial charge in [0.1, 0.15) is 6.61 Å². The Morgan fingerprint density at radius 3 is 2.65 bits per heavy atom. The van der Waals surface area contributed by atoms with E-state index in [0.717, 1.165) is 18.7 Å². The summed E-state index contributed by atoms with van der Waals surface area (Å²) >= 11 is 0. The number of hydrogen-bond acceptors (Lipinski definition) is 5. The minimum absolute atomic E-state index is 0.0320. The molecule has 2 fully saturated rings. The molecule has 8 heteroatoms. The van der Waals surface area contributed by atoms with Gasteiger partial charge in [-0.3, -0.25) is 14.5 Å². The lowest BCUT2D eigenvalue weighted by molar-refractivity contribution is -0.149. The molecule has 2 amide bonds. The fraction of sp³-hybridized carbons (Fsp3) is 0.556. The maximum absolute atomic E-state index is 13.8. The van der Waals surface area contributed by atoms with Crippen molar-refractivity contribution >= 4 is 11.8 Å². The number of ether oxygens (including phenoxy) is 2. The topological polar surface area (TPSA) is 62.3 Å². The Balaban J connectivity index is 1.47. The van der Waals surface area contributed by atoms with Gasteiger partial charge in [-0.2, -0.15) is 0 Å². The summed E-state index contributed by atoms with van der Waals surface area (Å²) in [6.45, 7) is 4.40. The van der Waals surface area contributed by atoms with Gasteiger partial charge >= 0.3 is 0 Å². The number of carbonyl (C=O) groups is 2. The van der Waals surface area contributed by atoms with Crippen LogP contribution in [0.25, 0.3) is 0 Å². The van der Waals surface area contributed by atoms with Crippen LogP contribution in [-0.2, 0) is 20.9 Å². The molecule has 0 N–H and O–H groups in total. The summed E-state index contributed by atoms with van der Waals surface area (Å²) < 4.78 is 23.8. The number of amides is 2. The highest BCUT2D eigenvalue weighted by Gasteiger charge is 2.26. The van der Waals surface area contributed by atoms with Crippen LogP contribution in [0.5, 0.6) is 5.75 Å². The highest BCUT2D eigenvalue weighted by Crippen LogP contribution is 2.19. The van der Waals surface area contributed by atoms with Crippen molar-refractivity contribution in [1.82, 2.24) is 14.7 Å². The normalized spacial score (nSPS) is 18.9. The van der Waals surface area contributed by atoms with E-state index in [-0.39, 0.29) is 36.5 Å². The van der Waals surface area contributed by atoms with Gasteiger partial charge in [0.2, 0.25) is 11.8 Å². The van der Waals surface area contributed by atoms with Gasteiger partial charge in [0, 0.05) is 39.3 Å². The highest BCUT2D eigenvalue weighted by molar-refractivity contribution is 5.85. The monoisotopic (exact) mass is 365 g/mol. The molecule has 0 aliphatic carbocycles. The number of halogens is 1. The molecule has 2 aliphatic heterocycles. The van der Waals surface area contributed by atoms with Crippen molar-refractivity contribution in [3.63, 3.8) is 0 Å². The number of hydrogen-bond donors (Lipinski definition) is 0. The van der Waals surface area contributed by atoms with Crippen LogP contribution < -0.4 is 4.74 Å². The van der Waals surface area contributed by atoms with Gasteiger partial charge in [-0.15, -0.1) is 0 Å². The van der Waals surface area contributed by atoms with Crippen molar-refractivity contribution in [3.05, 3.63) is 29.6 Å². The first-order valence-corrected chi connectivity index (χ1v) is 8.75. The maximum atomic E-state index is 13.8. The van der Waals surface area contributed by atoms with Crippen LogP contribution in [0.15, 0.2) is 18.2 Å². The van der Waals surface area contributed by atoms with Crippen LogP contribution in [0.3, 0.4) is 0 Å². The van der Waals surface area contributed by atoms with Crippen LogP contribution in [0.4, 0.5) is 4.39 Å². The molecule has 26 heavy (non-hydrogen) atoms. The largest absolute Gasteiger partial charge is 0.494 e. The van der Waals surface area contributed by atoms with Gasteiger partial charge in [-0.25, -0.2) is 4.39 Å². The fourth-order valence-electron chi connectivity index (χ4n) is 3.20. The average Bonchev–Trinajstić information content (AvgIpc) is 2.64. The molecular weight excluding hydrogens is 341 g/mol. The smallest absolute Gasteiger partial charge is 0.249 e. The van der Waals surface area contributed by atoms with Crippen molar-refractivity contribution in [2.24, 2.45) is 0 Å². The van der Waals surface area contributed by atoms with E-state index in [1.165, 1.54) is 13.2 Å². The Morgan fingerprint density at radius 2 is 2.00 bits per heavy atom. The zero-order valence-corrected chi connectivity index (χ0v) is 14.9. The summed E-state index contributed by atoms with van der Waals surface area (Å²) in [4.78, 5) is 29.6. The van der Waals surface area contributed by atoms with E-state index in [2.05, 4.69) is 4.90 Å². The highest BCUT2D eigenvalue weighted by atomic mass is 19.1. The number of nitrogens with zero attached hydrogens (tertiary/aromatic N) is 3. The third-order valence-corrected chi connectivity index (χ3v) is 4.76. The number of carbonyl (C=O) groups excluding carboxylic acids is 2. The van der Waals surface area contributed by atoms with E-state index in [0.29, 0.717) is 32.8 Å². The van der Waals surface area contributed by atoms with E-state index < -0.39 is 0 Å². The second-order valence-corrected chi connectivity index (χ2v) is 6.49. The Labute approximate surface area is 152 Å². The molecule has 1 aromatic rings. The average molecular weight is 365 g/mol. The van der Waals surface area contributed by atoms with Crippen molar-refractivity contribution in [3.8, 4) is 5.75 Å². The molecule has 0 bridgehead atoms. The Kier molecular flexibility index (Phi) is 6.05. The third kappa shape index (κ3) is 4.50. The van der Waals surface area contributed by atoms with Crippen LogP contribution in [-0.4, -0.2) is 86.1 Å². The lowest BCUT2D eigenvalue weighted by Gasteiger charge is -2.36. The Bertz CT molecular complexity index is 662. The summed E-state index contributed by atoms with van der Waals surface area (Å²) in [7, 11) is 1.44. The molecule has 0 atom stereocenters. The lowest BCUT2D eigenvalue weighted by Crippen LogP contribution is -2.53. The van der Waals surface area contributed by atoms with Gasteiger partial charge in [0.25, 0.3) is 0 Å². The quantitative estimate of drug-likeness (QED) is 0.753. The minimum Gasteiger partial charge on any atom is -0.494 e. The number of methoxy groups -OCH3 is 1. The standard InChI is InChI=1S/C18H24FN3O4/c1-25-16-3-2-14(10-15(16)19)11-20-4-6-21(7-5-20)17(23)12-22-8-9-26-13-18(22)24/h2-3,10H,4-9,11-13H2,1H3. The Morgan fingerprint density at radius 1 is 1.23 bits per heavy atom. The van der Waals surface area contributed by atoms with Crippen molar-refractivity contribution in [2.75, 3.05) is 59.6 Å². The number of piperazine rings is 1. The summed E-state index contributed by atoms with van der Waals surface area (Å²) in [5, 5.41) is 0. The molecule has 7 nitrogen and oxygen atoms in total. The zero-order valence-electron chi connectivity index (χ0n) is 14.9. The maximum Gasteiger partial charge on any atom is 0.249 e. The van der Waals surface area contributed by atoms with Crippen LogP contribution in [0.1, 0.15) is 5.56 Å². The van der Waals surface area contributed by atoms with Crippen LogP contribution >= 0.6 is 0 Å². The summed E-state index contributed by atoms with van der Waals surface area (Å²) in [5.74, 6) is -0.295. The molecule has 2 saturated heterocycles. The van der Waals surface area contributed by atoms with E-state index in [9.17, 15) is 14.0 Å². The molecule has 142 valence electrons. The predicted octanol–water partition coefficient (Wildman–Crippen LogP) is 0.337. The summed E-state index contributed by atoms with van der Waals surface area (Å²) in [6, 6.07) is 4.97. The van der Waals surface area contributed by atoms with Crippen molar-refractivity contribution in [2.45, 2.75) is 6.54 Å². The predicted molar refractivity (Wildman–Crippen MR) is 92.2 cm³/mol. The molecular formula is C18H24FN3O4. The molecule has 1 aromatic carbocycles. The molecule has 0 radical (unpaired) electrons. The second kappa shape index (κ2) is 8.46. The number of rotatable bonds is 5. The van der Waals surface area contributed by atoms with Gasteiger partial charge in [-0.05, 0) is 17.7 Å². The van der Waals surface area contributed by atoms with E-state index in [1.54, 1.807) is 15.9 Å². The van der Waals surface area contributed by atoms with Crippen molar-refractivity contribution in [1.29, 1.82) is 0 Å². The van der Waals surface area contributed by atoms with Gasteiger partial charge in [0.15, 0.2) is 11.6 Å². The summed E-state index contributed by atoms with van der Waals surface area (Å²) in [5.41, 5.74) is 0.877. The van der Waals surface area contributed by atoms with Crippen LogP contribution in [0.2, 0.25) is 0 Å². The first kappa shape index (κ1) is 18.6. The Hall–Kier alpha value is -2.19. The SMILES string of the molecule is COc1ccc(CN2CCN(C(=O)CN3CCOCC3=O)CC2)cc1F. The molecule has 3 rings (SSSR count). The van der Waals surface area contributed by atoms with E-state index in [4.69, 9.17) is 9.47 Å². The fourth-order valence-corrected chi connectivity index (χ4v) is 3.20. The molecule has 0 aromatic heterocycles. The zero-order chi connectivity index (χ0) is 18.5. The van der Waals surface area contributed by atoms with Gasteiger partial charge in [0.05, 0.1) is 20.3 Å². The first-order chi connectivity index (χ1) is 12.6. The van der Waals surface area contributed by atoms with Gasteiger partial charge < -0.3 is 19.3 Å². The summed E-state index contributed by atoms with van der Waals surface area (Å²) in [6.07, 6.45) is 0. The molecule has 2 aliphatic rings. The molecule has 0 spiro atoms.